The van der Waals surface area contributed by atoms with E-state index in [-0.39, 0.29) is 5.91 Å². The van der Waals surface area contributed by atoms with Crippen LogP contribution in [0.2, 0.25) is 0 Å². The largest absolute Gasteiger partial charge is 0.342 e. The fourth-order valence-electron chi connectivity index (χ4n) is 4.02. The van der Waals surface area contributed by atoms with Gasteiger partial charge in [0.1, 0.15) is 5.82 Å². The number of amides is 1. The monoisotopic (exact) mass is 385 g/mol. The van der Waals surface area contributed by atoms with Gasteiger partial charge in [-0.25, -0.2) is 9.67 Å². The van der Waals surface area contributed by atoms with Gasteiger partial charge in [0.25, 0.3) is 5.91 Å². The summed E-state index contributed by atoms with van der Waals surface area (Å²) >= 11 is 0. The van der Waals surface area contributed by atoms with Gasteiger partial charge in [-0.15, -0.1) is 0 Å². The molecule has 0 aliphatic carbocycles. The van der Waals surface area contributed by atoms with Crippen LogP contribution in [0.25, 0.3) is 16.7 Å². The molecule has 0 radical (unpaired) electrons. The first kappa shape index (κ1) is 17.7. The van der Waals surface area contributed by atoms with E-state index in [1.54, 1.807) is 0 Å². The molecule has 1 aliphatic heterocycles. The number of carbonyl (C=O) groups excluding carboxylic acids is 1. The summed E-state index contributed by atoms with van der Waals surface area (Å²) in [5, 5.41) is 4.32. The van der Waals surface area contributed by atoms with E-state index in [4.69, 9.17) is 4.98 Å². The van der Waals surface area contributed by atoms with Gasteiger partial charge >= 0.3 is 0 Å². The lowest BCUT2D eigenvalue weighted by molar-refractivity contribution is 0.0711. The molecule has 2 aromatic heterocycles. The molecule has 0 bridgehead atoms. The SMILES string of the molecule is Cc1cnn(-c2ccc(C(=O)N3CCC(c4nc5ccccc5[nH]4)CC3)cc2)c1. The molecule has 4 aromatic rings. The molecule has 5 rings (SSSR count). The highest BCUT2D eigenvalue weighted by molar-refractivity contribution is 5.94. The summed E-state index contributed by atoms with van der Waals surface area (Å²) < 4.78 is 1.82. The number of H-pyrrole nitrogens is 1. The highest BCUT2D eigenvalue weighted by atomic mass is 16.2. The number of aromatic nitrogens is 4. The number of benzene rings is 2. The Morgan fingerprint density at radius 3 is 2.52 bits per heavy atom. The zero-order valence-corrected chi connectivity index (χ0v) is 16.4. The number of imidazole rings is 1. The molecule has 29 heavy (non-hydrogen) atoms. The highest BCUT2D eigenvalue weighted by Crippen LogP contribution is 2.28. The number of hydrogen-bond acceptors (Lipinski definition) is 3. The minimum absolute atomic E-state index is 0.0938. The van der Waals surface area contributed by atoms with Crippen molar-refractivity contribution in [2.24, 2.45) is 0 Å². The summed E-state index contributed by atoms with van der Waals surface area (Å²) in [7, 11) is 0. The Kier molecular flexibility index (Phi) is 4.39. The first-order valence-electron chi connectivity index (χ1n) is 10.0. The summed E-state index contributed by atoms with van der Waals surface area (Å²) in [6, 6.07) is 15.8. The number of aryl methyl sites for hydroxylation is 1. The smallest absolute Gasteiger partial charge is 0.253 e. The number of nitrogens with one attached hydrogen (secondary N) is 1. The molecule has 1 saturated heterocycles. The Labute approximate surface area is 169 Å². The molecule has 6 nitrogen and oxygen atoms in total. The minimum atomic E-state index is 0.0938. The summed E-state index contributed by atoms with van der Waals surface area (Å²) in [4.78, 5) is 23.0. The first-order valence-corrected chi connectivity index (χ1v) is 10.0. The van der Waals surface area contributed by atoms with Crippen molar-refractivity contribution in [3.05, 3.63) is 77.9 Å². The van der Waals surface area contributed by atoms with E-state index >= 15 is 0 Å². The lowest BCUT2D eigenvalue weighted by atomic mass is 9.95. The van der Waals surface area contributed by atoms with Crippen LogP contribution in [0.4, 0.5) is 0 Å². The van der Waals surface area contributed by atoms with E-state index in [1.807, 2.05) is 71.4 Å². The molecule has 1 N–H and O–H groups in total. The van der Waals surface area contributed by atoms with Crippen molar-refractivity contribution in [1.29, 1.82) is 0 Å². The average Bonchev–Trinajstić information content (AvgIpc) is 3.40. The quantitative estimate of drug-likeness (QED) is 0.578. The molecule has 6 heteroatoms. The van der Waals surface area contributed by atoms with Crippen LogP contribution in [0, 0.1) is 6.92 Å². The second-order valence-electron chi connectivity index (χ2n) is 7.71. The minimum Gasteiger partial charge on any atom is -0.342 e. The molecule has 0 unspecified atom stereocenters. The van der Waals surface area contributed by atoms with Crippen LogP contribution < -0.4 is 0 Å². The van der Waals surface area contributed by atoms with Crippen LogP contribution in [0.1, 0.15) is 40.5 Å². The number of carbonyl (C=O) groups is 1. The van der Waals surface area contributed by atoms with Gasteiger partial charge in [-0.05, 0) is 61.7 Å². The maximum Gasteiger partial charge on any atom is 0.253 e. The Bertz CT molecular complexity index is 1120. The van der Waals surface area contributed by atoms with Crippen molar-refractivity contribution in [3.63, 3.8) is 0 Å². The van der Waals surface area contributed by atoms with Gasteiger partial charge in [-0.2, -0.15) is 5.10 Å². The highest BCUT2D eigenvalue weighted by Gasteiger charge is 2.26. The zero-order chi connectivity index (χ0) is 19.8. The number of piperidine rings is 1. The van der Waals surface area contributed by atoms with Crippen molar-refractivity contribution < 1.29 is 4.79 Å². The fourth-order valence-corrected chi connectivity index (χ4v) is 4.02. The van der Waals surface area contributed by atoms with Gasteiger partial charge in [0.2, 0.25) is 0 Å². The lowest BCUT2D eigenvalue weighted by Gasteiger charge is -2.31. The van der Waals surface area contributed by atoms with Crippen molar-refractivity contribution in [3.8, 4) is 5.69 Å². The Hall–Kier alpha value is -3.41. The summed E-state index contributed by atoms with van der Waals surface area (Å²) in [6.07, 6.45) is 5.65. The van der Waals surface area contributed by atoms with E-state index in [1.165, 1.54) is 0 Å². The van der Waals surface area contributed by atoms with Gasteiger partial charge in [-0.3, -0.25) is 4.79 Å². The summed E-state index contributed by atoms with van der Waals surface area (Å²) in [5.41, 5.74) is 4.87. The second kappa shape index (κ2) is 7.20. The number of likely N-dealkylation sites (tertiary alicyclic amines) is 1. The van der Waals surface area contributed by atoms with E-state index in [9.17, 15) is 4.79 Å². The fraction of sp³-hybridized carbons (Fsp3) is 0.261. The molecule has 0 saturated carbocycles. The molecule has 2 aromatic carbocycles. The van der Waals surface area contributed by atoms with Gasteiger partial charge in [0.15, 0.2) is 0 Å². The van der Waals surface area contributed by atoms with Gasteiger partial charge < -0.3 is 9.88 Å². The summed E-state index contributed by atoms with van der Waals surface area (Å²) in [5.74, 6) is 1.50. The van der Waals surface area contributed by atoms with Crippen LogP contribution in [0.3, 0.4) is 0 Å². The molecule has 146 valence electrons. The standard InChI is InChI=1S/C23H23N5O/c1-16-14-24-28(15-16)19-8-6-18(7-9-19)23(29)27-12-10-17(11-13-27)22-25-20-4-2-3-5-21(20)26-22/h2-9,14-15,17H,10-13H2,1H3,(H,25,26). The third kappa shape index (κ3) is 3.42. The third-order valence-electron chi connectivity index (χ3n) is 5.67. The zero-order valence-electron chi connectivity index (χ0n) is 16.4. The Morgan fingerprint density at radius 1 is 1.07 bits per heavy atom. The number of nitrogens with zero attached hydrogens (tertiary/aromatic N) is 4. The average molecular weight is 385 g/mol. The number of para-hydroxylation sites is 2. The van der Waals surface area contributed by atoms with E-state index in [0.717, 1.165) is 59.6 Å². The van der Waals surface area contributed by atoms with Crippen molar-refractivity contribution in [2.45, 2.75) is 25.7 Å². The lowest BCUT2D eigenvalue weighted by Crippen LogP contribution is -2.38. The maximum absolute atomic E-state index is 12.9. The molecule has 3 heterocycles. The predicted molar refractivity (Wildman–Crippen MR) is 112 cm³/mol. The van der Waals surface area contributed by atoms with Crippen molar-refractivity contribution in [2.75, 3.05) is 13.1 Å². The molecule has 1 fully saturated rings. The molecule has 1 aliphatic rings. The van der Waals surface area contributed by atoms with Crippen LogP contribution in [-0.4, -0.2) is 43.6 Å². The number of hydrogen-bond donors (Lipinski definition) is 1. The molecule has 0 atom stereocenters. The first-order chi connectivity index (χ1) is 14.2. The molecular formula is C23H23N5O. The number of rotatable bonds is 3. The van der Waals surface area contributed by atoms with Crippen LogP contribution in [0.15, 0.2) is 60.9 Å². The van der Waals surface area contributed by atoms with Crippen LogP contribution >= 0.6 is 0 Å². The van der Waals surface area contributed by atoms with Crippen LogP contribution in [-0.2, 0) is 0 Å². The van der Waals surface area contributed by atoms with E-state index < -0.39 is 0 Å². The molecular weight excluding hydrogens is 362 g/mol. The number of fused-ring (bicyclic) bond motifs is 1. The normalized spacial score (nSPS) is 15.1. The van der Waals surface area contributed by atoms with E-state index in [2.05, 4.69) is 16.1 Å². The second-order valence-corrected chi connectivity index (χ2v) is 7.71. The van der Waals surface area contributed by atoms with Gasteiger partial charge in [-0.1, -0.05) is 12.1 Å². The van der Waals surface area contributed by atoms with Crippen LogP contribution in [0.5, 0.6) is 0 Å². The maximum atomic E-state index is 12.9. The van der Waals surface area contributed by atoms with Crippen molar-refractivity contribution >= 4 is 16.9 Å². The van der Waals surface area contributed by atoms with E-state index in [0.29, 0.717) is 5.92 Å². The van der Waals surface area contributed by atoms with Gasteiger partial charge in [0, 0.05) is 30.8 Å². The molecule has 1 amide bonds. The molecule has 0 spiro atoms. The van der Waals surface area contributed by atoms with Gasteiger partial charge in [0.05, 0.1) is 22.9 Å². The van der Waals surface area contributed by atoms with Crippen molar-refractivity contribution in [1.82, 2.24) is 24.6 Å². The Balaban J connectivity index is 1.25. The summed E-state index contributed by atoms with van der Waals surface area (Å²) in [6.45, 7) is 3.51. The topological polar surface area (TPSA) is 66.8 Å². The number of aromatic amines is 1. The third-order valence-corrected chi connectivity index (χ3v) is 5.67. The predicted octanol–water partition coefficient (Wildman–Crippen LogP) is 4.08. The Morgan fingerprint density at radius 2 is 1.83 bits per heavy atom.